The van der Waals surface area contributed by atoms with E-state index in [0.717, 1.165) is 12.8 Å². The smallest absolute Gasteiger partial charge is 0.302 e. The minimum atomic E-state index is -1.55. The van der Waals surface area contributed by atoms with E-state index in [1.807, 2.05) is 0 Å². The molecule has 0 aromatic carbocycles. The summed E-state index contributed by atoms with van der Waals surface area (Å²) in [4.78, 5) is 38.4. The highest BCUT2D eigenvalue weighted by Crippen LogP contribution is 2.70. The van der Waals surface area contributed by atoms with Crippen LogP contribution in [-0.4, -0.2) is 46.6 Å². The molecule has 4 saturated carbocycles. The Morgan fingerprint density at radius 1 is 1.25 bits per heavy atom. The van der Waals surface area contributed by atoms with Gasteiger partial charge in [-0.25, -0.2) is 0 Å². The van der Waals surface area contributed by atoms with E-state index in [1.54, 1.807) is 0 Å². The van der Waals surface area contributed by atoms with Gasteiger partial charge in [0.05, 0.1) is 24.2 Å². The number of hydrogen-bond donors (Lipinski definition) is 2. The number of fused-ring (bicyclic) bond motifs is 3. The first-order chi connectivity index (χ1) is 13.0. The van der Waals surface area contributed by atoms with Crippen LogP contribution in [0.2, 0.25) is 0 Å². The number of hydrogen-bond acceptors (Lipinski definition) is 6. The fraction of sp³-hybridized carbons (Fsp3) is 0.773. The first-order valence-electron chi connectivity index (χ1n) is 10.3. The third kappa shape index (κ3) is 2.19. The van der Waals surface area contributed by atoms with Crippen LogP contribution in [0.4, 0.5) is 0 Å². The van der Waals surface area contributed by atoms with E-state index in [0.29, 0.717) is 12.8 Å². The van der Waals surface area contributed by atoms with Gasteiger partial charge in [0.15, 0.2) is 5.78 Å². The van der Waals surface area contributed by atoms with E-state index in [4.69, 9.17) is 4.74 Å². The molecule has 7 atom stereocenters. The van der Waals surface area contributed by atoms with Crippen molar-refractivity contribution >= 4 is 17.5 Å². The monoisotopic (exact) mass is 390 g/mol. The summed E-state index contributed by atoms with van der Waals surface area (Å²) in [5, 5.41) is 22.4. The average Bonchev–Trinajstić information content (AvgIpc) is 2.72. The van der Waals surface area contributed by atoms with E-state index in [9.17, 15) is 24.6 Å². The van der Waals surface area contributed by atoms with E-state index >= 15 is 0 Å². The predicted octanol–water partition coefficient (Wildman–Crippen LogP) is 1.82. The van der Waals surface area contributed by atoms with Crippen LogP contribution in [0.25, 0.3) is 0 Å². The van der Waals surface area contributed by atoms with Gasteiger partial charge in [-0.2, -0.15) is 0 Å². The average molecular weight is 390 g/mol. The van der Waals surface area contributed by atoms with Crippen LogP contribution >= 0.6 is 0 Å². The zero-order chi connectivity index (χ0) is 20.6. The first kappa shape index (κ1) is 19.8. The van der Waals surface area contributed by atoms with Crippen LogP contribution in [0.15, 0.2) is 12.2 Å². The van der Waals surface area contributed by atoms with Crippen LogP contribution in [-0.2, 0) is 19.1 Å². The van der Waals surface area contributed by atoms with Crippen LogP contribution in [0.1, 0.15) is 52.9 Å². The van der Waals surface area contributed by atoms with Gasteiger partial charge < -0.3 is 14.9 Å². The number of aliphatic hydroxyl groups excluding tert-OH is 2. The van der Waals surface area contributed by atoms with Gasteiger partial charge >= 0.3 is 5.97 Å². The molecule has 4 aliphatic rings. The highest BCUT2D eigenvalue weighted by Gasteiger charge is 2.77. The fourth-order valence-corrected chi connectivity index (χ4v) is 7.39. The molecule has 2 N–H and O–H groups in total. The number of Topliss-reactive ketones (excluding diaryl/α,β-unsaturated/α-hetero) is 2. The maximum atomic E-state index is 13.4. The van der Waals surface area contributed by atoms with Crippen molar-refractivity contribution in [1.29, 1.82) is 0 Å². The molecule has 6 nitrogen and oxygen atoms in total. The van der Waals surface area contributed by atoms with Gasteiger partial charge in [0.1, 0.15) is 5.78 Å². The van der Waals surface area contributed by atoms with Crippen molar-refractivity contribution < 1.29 is 29.3 Å². The molecule has 4 aliphatic carbocycles. The molecule has 0 aromatic heterocycles. The second-order valence-electron chi connectivity index (χ2n) is 10.1. The zero-order valence-corrected chi connectivity index (χ0v) is 16.9. The van der Waals surface area contributed by atoms with Gasteiger partial charge in [-0.3, -0.25) is 14.4 Å². The van der Waals surface area contributed by atoms with Crippen molar-refractivity contribution in [2.45, 2.75) is 65.1 Å². The summed E-state index contributed by atoms with van der Waals surface area (Å²) < 4.78 is 5.48. The third-order valence-corrected chi connectivity index (χ3v) is 8.45. The van der Waals surface area contributed by atoms with Crippen molar-refractivity contribution in [3.05, 3.63) is 12.2 Å². The zero-order valence-electron chi connectivity index (χ0n) is 16.9. The van der Waals surface area contributed by atoms with Gasteiger partial charge in [-0.05, 0) is 36.2 Å². The molecule has 4 rings (SSSR count). The Kier molecular flexibility index (Phi) is 4.23. The number of ether oxygens (including phenoxy) is 1. The molecule has 1 spiro atoms. The summed E-state index contributed by atoms with van der Waals surface area (Å²) in [7, 11) is 0. The van der Waals surface area contributed by atoms with Gasteiger partial charge in [0.2, 0.25) is 0 Å². The number of aliphatic hydroxyl groups is 2. The van der Waals surface area contributed by atoms with Crippen LogP contribution in [0.5, 0.6) is 0 Å². The summed E-state index contributed by atoms with van der Waals surface area (Å²) in [6.07, 6.45) is 0.544. The van der Waals surface area contributed by atoms with Crippen molar-refractivity contribution in [3.63, 3.8) is 0 Å². The van der Waals surface area contributed by atoms with Gasteiger partial charge in [0.25, 0.3) is 0 Å². The molecular formula is C22H30O6. The standard InChI is InChI=1S/C22H30O6/c1-11-13-8-14(24)17-21(10-28-12(2)23)7-5-6-20(3,4)15(21)9-16(25)22(17,18(11)26)19(13)27/h13,15-17,19,25,27H,1,5-10H2,2-4H3/t13-,15+,16+,17-,19?,21-,22+/m0/s1. The van der Waals surface area contributed by atoms with Gasteiger partial charge in [0, 0.05) is 30.6 Å². The normalized spacial score (nSPS) is 46.8. The quantitative estimate of drug-likeness (QED) is 0.551. The minimum absolute atomic E-state index is 0.0401. The maximum Gasteiger partial charge on any atom is 0.302 e. The lowest BCUT2D eigenvalue weighted by Crippen LogP contribution is -2.71. The van der Waals surface area contributed by atoms with E-state index in [2.05, 4.69) is 20.4 Å². The lowest BCUT2D eigenvalue weighted by atomic mass is 9.39. The number of ketones is 2. The molecule has 0 saturated heterocycles. The predicted molar refractivity (Wildman–Crippen MR) is 100 cm³/mol. The summed E-state index contributed by atoms with van der Waals surface area (Å²) in [6.45, 7) is 9.47. The maximum absolute atomic E-state index is 13.4. The molecule has 154 valence electrons. The molecule has 0 radical (unpaired) electrons. The molecule has 0 amide bonds. The lowest BCUT2D eigenvalue weighted by Gasteiger charge is -2.64. The van der Waals surface area contributed by atoms with Crippen LogP contribution in [0.3, 0.4) is 0 Å². The Balaban J connectivity index is 1.93. The van der Waals surface area contributed by atoms with Crippen LogP contribution < -0.4 is 0 Å². The Labute approximate surface area is 165 Å². The number of carbonyl (C=O) groups excluding carboxylic acids is 3. The van der Waals surface area contributed by atoms with E-state index < -0.39 is 40.8 Å². The molecular weight excluding hydrogens is 360 g/mol. The second-order valence-corrected chi connectivity index (χ2v) is 10.1. The van der Waals surface area contributed by atoms with Crippen molar-refractivity contribution in [1.82, 2.24) is 0 Å². The summed E-state index contributed by atoms with van der Waals surface area (Å²) >= 11 is 0. The SMILES string of the molecule is C=C1C(=O)[C@]23C(O)[C@H]1CC(=O)[C@H]2[C@]1(COC(C)=O)CCCC(C)(C)[C@H]1C[C@H]3O. The molecule has 0 aromatic rings. The third-order valence-electron chi connectivity index (χ3n) is 8.45. The first-order valence-corrected chi connectivity index (χ1v) is 10.3. The highest BCUT2D eigenvalue weighted by atomic mass is 16.5. The fourth-order valence-electron chi connectivity index (χ4n) is 7.39. The van der Waals surface area contributed by atoms with Crippen molar-refractivity contribution in [2.75, 3.05) is 6.61 Å². The van der Waals surface area contributed by atoms with Gasteiger partial charge in [-0.1, -0.05) is 26.8 Å². The van der Waals surface area contributed by atoms with E-state index in [1.165, 1.54) is 6.92 Å². The van der Waals surface area contributed by atoms with Crippen LogP contribution in [0, 0.1) is 34.0 Å². The Bertz CT molecular complexity index is 769. The molecule has 2 bridgehead atoms. The molecule has 4 fully saturated rings. The lowest BCUT2D eigenvalue weighted by molar-refractivity contribution is -0.235. The van der Waals surface area contributed by atoms with Crippen molar-refractivity contribution in [3.8, 4) is 0 Å². The largest absolute Gasteiger partial charge is 0.465 e. The molecule has 6 heteroatoms. The summed E-state index contributed by atoms with van der Waals surface area (Å²) in [5.41, 5.74) is -2.24. The minimum Gasteiger partial charge on any atom is -0.465 e. The summed E-state index contributed by atoms with van der Waals surface area (Å²) in [5.74, 6) is -2.49. The molecule has 1 unspecified atom stereocenters. The van der Waals surface area contributed by atoms with Gasteiger partial charge in [-0.15, -0.1) is 0 Å². The molecule has 0 heterocycles. The topological polar surface area (TPSA) is 101 Å². The number of rotatable bonds is 2. The number of carbonyl (C=O) groups is 3. The Morgan fingerprint density at radius 3 is 2.57 bits per heavy atom. The van der Waals surface area contributed by atoms with Crippen molar-refractivity contribution in [2.24, 2.45) is 34.0 Å². The number of esters is 1. The highest BCUT2D eigenvalue weighted by molar-refractivity contribution is 6.10. The van der Waals surface area contributed by atoms with E-state index in [-0.39, 0.29) is 41.5 Å². The molecule has 28 heavy (non-hydrogen) atoms. The molecule has 0 aliphatic heterocycles. The summed E-state index contributed by atoms with van der Waals surface area (Å²) in [6, 6.07) is 0. The second kappa shape index (κ2) is 5.99. The Morgan fingerprint density at radius 2 is 1.93 bits per heavy atom. The Hall–Kier alpha value is -1.53.